The van der Waals surface area contributed by atoms with E-state index in [1.165, 1.54) is 0 Å². The molecular weight excluding hydrogens is 268 g/mol. The van der Waals surface area contributed by atoms with Crippen LogP contribution in [-0.4, -0.2) is 53.9 Å². The van der Waals surface area contributed by atoms with Crippen molar-refractivity contribution < 1.29 is 14.3 Å². The zero-order valence-electron chi connectivity index (χ0n) is 13.5. The van der Waals surface area contributed by atoms with Crippen molar-refractivity contribution in [1.82, 2.24) is 9.47 Å². The summed E-state index contributed by atoms with van der Waals surface area (Å²) in [6.45, 7) is 11.9. The SMILES string of the molecule is CCOC(=O)c1c(C)ccn1CC1CN(C(C)C)CCO1. The molecule has 0 N–H and O–H groups in total. The van der Waals surface area contributed by atoms with Crippen LogP contribution >= 0.6 is 0 Å². The first-order valence-electron chi connectivity index (χ1n) is 7.71. The first-order chi connectivity index (χ1) is 10.0. The van der Waals surface area contributed by atoms with Gasteiger partial charge < -0.3 is 14.0 Å². The van der Waals surface area contributed by atoms with Crippen LogP contribution in [0.5, 0.6) is 0 Å². The van der Waals surface area contributed by atoms with E-state index in [2.05, 4.69) is 18.7 Å². The van der Waals surface area contributed by atoms with Gasteiger partial charge in [0.15, 0.2) is 0 Å². The normalized spacial score (nSPS) is 20.0. The Hall–Kier alpha value is -1.33. The highest BCUT2D eigenvalue weighted by molar-refractivity contribution is 5.89. The number of hydrogen-bond acceptors (Lipinski definition) is 4. The first-order valence-corrected chi connectivity index (χ1v) is 7.71. The van der Waals surface area contributed by atoms with Crippen molar-refractivity contribution >= 4 is 5.97 Å². The summed E-state index contributed by atoms with van der Waals surface area (Å²) < 4.78 is 13.0. The summed E-state index contributed by atoms with van der Waals surface area (Å²) in [5.41, 5.74) is 1.59. The predicted octanol–water partition coefficient (Wildman–Crippen LogP) is 2.08. The van der Waals surface area contributed by atoms with Gasteiger partial charge in [-0.2, -0.15) is 0 Å². The van der Waals surface area contributed by atoms with Gasteiger partial charge in [0.25, 0.3) is 0 Å². The molecule has 0 aromatic carbocycles. The summed E-state index contributed by atoms with van der Waals surface area (Å²) in [4.78, 5) is 14.5. The van der Waals surface area contributed by atoms with Crippen molar-refractivity contribution in [3.05, 3.63) is 23.5 Å². The molecule has 118 valence electrons. The van der Waals surface area contributed by atoms with Gasteiger partial charge in [-0.05, 0) is 39.3 Å². The first kappa shape index (κ1) is 16.0. The molecule has 0 amide bonds. The maximum Gasteiger partial charge on any atom is 0.355 e. The van der Waals surface area contributed by atoms with Gasteiger partial charge in [0, 0.05) is 25.3 Å². The van der Waals surface area contributed by atoms with Crippen LogP contribution in [0.25, 0.3) is 0 Å². The predicted molar refractivity (Wildman–Crippen MR) is 81.6 cm³/mol. The van der Waals surface area contributed by atoms with Crippen molar-refractivity contribution in [2.75, 3.05) is 26.3 Å². The van der Waals surface area contributed by atoms with Crippen LogP contribution in [0.2, 0.25) is 0 Å². The molecule has 1 atom stereocenters. The molecule has 2 rings (SSSR count). The minimum atomic E-state index is -0.253. The highest BCUT2D eigenvalue weighted by Gasteiger charge is 2.24. The van der Waals surface area contributed by atoms with Gasteiger partial charge in [0.05, 0.1) is 25.9 Å². The average Bonchev–Trinajstić information content (AvgIpc) is 2.80. The minimum Gasteiger partial charge on any atom is -0.461 e. The van der Waals surface area contributed by atoms with Gasteiger partial charge in [-0.3, -0.25) is 4.90 Å². The summed E-state index contributed by atoms with van der Waals surface area (Å²) in [5, 5.41) is 0. The van der Waals surface area contributed by atoms with Crippen LogP contribution < -0.4 is 0 Å². The molecule has 0 aliphatic carbocycles. The number of aromatic nitrogens is 1. The molecule has 1 unspecified atom stereocenters. The standard InChI is InChI=1S/C16H26N2O3/c1-5-20-16(19)15-13(4)6-7-18(15)11-14-10-17(12(2)3)8-9-21-14/h6-7,12,14H,5,8-11H2,1-4H3. The van der Waals surface area contributed by atoms with Crippen molar-refractivity contribution in [2.24, 2.45) is 0 Å². The molecule has 1 saturated heterocycles. The maximum atomic E-state index is 12.1. The summed E-state index contributed by atoms with van der Waals surface area (Å²) >= 11 is 0. The number of hydrogen-bond donors (Lipinski definition) is 0. The van der Waals surface area contributed by atoms with Crippen molar-refractivity contribution in [3.8, 4) is 0 Å². The number of nitrogens with zero attached hydrogens (tertiary/aromatic N) is 2. The van der Waals surface area contributed by atoms with Gasteiger partial charge in [-0.1, -0.05) is 0 Å². The van der Waals surface area contributed by atoms with E-state index in [1.54, 1.807) is 0 Å². The molecule has 0 spiro atoms. The van der Waals surface area contributed by atoms with Crippen molar-refractivity contribution in [3.63, 3.8) is 0 Å². The fourth-order valence-electron chi connectivity index (χ4n) is 2.75. The molecule has 5 nitrogen and oxygen atoms in total. The van der Waals surface area contributed by atoms with Crippen LogP contribution in [0.4, 0.5) is 0 Å². The Balaban J connectivity index is 2.07. The summed E-state index contributed by atoms with van der Waals surface area (Å²) in [6, 6.07) is 2.47. The second kappa shape index (κ2) is 7.09. The molecule has 1 fully saturated rings. The highest BCUT2D eigenvalue weighted by Crippen LogP contribution is 2.16. The van der Waals surface area contributed by atoms with Gasteiger partial charge in [-0.15, -0.1) is 0 Å². The summed E-state index contributed by atoms with van der Waals surface area (Å²) in [6.07, 6.45) is 2.06. The third kappa shape index (κ3) is 3.86. The molecule has 2 heterocycles. The van der Waals surface area contributed by atoms with Gasteiger partial charge in [-0.25, -0.2) is 4.79 Å². The summed E-state index contributed by atoms with van der Waals surface area (Å²) in [7, 11) is 0. The minimum absolute atomic E-state index is 0.112. The van der Waals surface area contributed by atoms with Crippen LogP contribution in [0.1, 0.15) is 36.8 Å². The van der Waals surface area contributed by atoms with E-state index in [4.69, 9.17) is 9.47 Å². The van der Waals surface area contributed by atoms with Crippen LogP contribution in [0.15, 0.2) is 12.3 Å². The van der Waals surface area contributed by atoms with E-state index in [9.17, 15) is 4.79 Å². The topological polar surface area (TPSA) is 43.7 Å². The number of morpholine rings is 1. The third-order valence-electron chi connectivity index (χ3n) is 3.93. The molecule has 5 heteroatoms. The molecule has 0 bridgehead atoms. The second-order valence-electron chi connectivity index (χ2n) is 5.80. The van der Waals surface area contributed by atoms with Gasteiger partial charge in [0.2, 0.25) is 0 Å². The van der Waals surface area contributed by atoms with Crippen LogP contribution in [0, 0.1) is 6.92 Å². The lowest BCUT2D eigenvalue weighted by Gasteiger charge is -2.35. The zero-order valence-corrected chi connectivity index (χ0v) is 13.5. The van der Waals surface area contributed by atoms with Gasteiger partial charge in [0.1, 0.15) is 5.69 Å². The number of rotatable bonds is 5. The molecule has 21 heavy (non-hydrogen) atoms. The van der Waals surface area contributed by atoms with E-state index in [0.717, 1.165) is 25.3 Å². The van der Waals surface area contributed by atoms with Crippen LogP contribution in [0.3, 0.4) is 0 Å². The number of carbonyl (C=O) groups is 1. The Morgan fingerprint density at radius 2 is 2.29 bits per heavy atom. The molecule has 1 aliphatic rings. The lowest BCUT2D eigenvalue weighted by atomic mass is 10.2. The zero-order chi connectivity index (χ0) is 15.4. The Bertz CT molecular complexity index is 482. The number of ether oxygens (including phenoxy) is 2. The number of aryl methyl sites for hydroxylation is 1. The molecular formula is C16H26N2O3. The maximum absolute atomic E-state index is 12.1. The average molecular weight is 294 g/mol. The lowest BCUT2D eigenvalue weighted by molar-refractivity contribution is -0.0458. The summed E-state index contributed by atoms with van der Waals surface area (Å²) in [5.74, 6) is -0.253. The Morgan fingerprint density at radius 1 is 1.52 bits per heavy atom. The Kier molecular flexibility index (Phi) is 5.42. The fraction of sp³-hybridized carbons (Fsp3) is 0.688. The Morgan fingerprint density at radius 3 is 2.95 bits per heavy atom. The van der Waals surface area contributed by atoms with E-state index in [-0.39, 0.29) is 12.1 Å². The molecule has 1 aromatic heterocycles. The van der Waals surface area contributed by atoms with Crippen molar-refractivity contribution in [1.29, 1.82) is 0 Å². The smallest absolute Gasteiger partial charge is 0.355 e. The monoisotopic (exact) mass is 294 g/mol. The van der Waals surface area contributed by atoms with Crippen LogP contribution in [-0.2, 0) is 16.0 Å². The number of carbonyl (C=O) groups excluding carboxylic acids is 1. The quantitative estimate of drug-likeness (QED) is 0.780. The molecule has 1 aliphatic heterocycles. The largest absolute Gasteiger partial charge is 0.461 e. The van der Waals surface area contributed by atoms with E-state index >= 15 is 0 Å². The Labute approximate surface area is 126 Å². The van der Waals surface area contributed by atoms with E-state index in [0.29, 0.717) is 24.9 Å². The lowest BCUT2D eigenvalue weighted by Crippen LogP contribution is -2.47. The molecule has 1 aromatic rings. The van der Waals surface area contributed by atoms with Crippen molar-refractivity contribution in [2.45, 2.75) is 46.4 Å². The fourth-order valence-corrected chi connectivity index (χ4v) is 2.75. The second-order valence-corrected chi connectivity index (χ2v) is 5.80. The van der Waals surface area contributed by atoms with E-state index < -0.39 is 0 Å². The molecule has 0 saturated carbocycles. The number of esters is 1. The van der Waals surface area contributed by atoms with Gasteiger partial charge >= 0.3 is 5.97 Å². The molecule has 0 radical (unpaired) electrons. The van der Waals surface area contributed by atoms with E-state index in [1.807, 2.05) is 30.7 Å². The third-order valence-corrected chi connectivity index (χ3v) is 3.93. The highest BCUT2D eigenvalue weighted by atomic mass is 16.5.